The van der Waals surface area contributed by atoms with Gasteiger partial charge in [-0.05, 0) is 69.0 Å². The molecule has 5 heteroatoms. The van der Waals surface area contributed by atoms with E-state index in [2.05, 4.69) is 5.32 Å². The van der Waals surface area contributed by atoms with Crippen molar-refractivity contribution < 1.29 is 18.7 Å². The molecule has 1 N–H and O–H groups in total. The lowest BCUT2D eigenvalue weighted by molar-refractivity contribution is 0.0758. The van der Waals surface area contributed by atoms with Gasteiger partial charge >= 0.3 is 0 Å². The van der Waals surface area contributed by atoms with Crippen LogP contribution in [0.3, 0.4) is 0 Å². The van der Waals surface area contributed by atoms with Gasteiger partial charge in [-0.2, -0.15) is 0 Å². The summed E-state index contributed by atoms with van der Waals surface area (Å²) in [4.78, 5) is 26.3. The van der Waals surface area contributed by atoms with E-state index in [1.165, 1.54) is 18.2 Å². The maximum atomic E-state index is 13.6. The molecule has 0 spiro atoms. The quantitative estimate of drug-likeness (QED) is 0.692. The molecule has 2 aromatic rings. The van der Waals surface area contributed by atoms with Gasteiger partial charge in [-0.15, -0.1) is 0 Å². The second-order valence-electron chi connectivity index (χ2n) is 7.81. The van der Waals surface area contributed by atoms with E-state index in [0.29, 0.717) is 34.4 Å². The lowest BCUT2D eigenvalue weighted by Crippen LogP contribution is -2.53. The Kier molecular flexibility index (Phi) is 6.60. The SMILES string of the molecule is COc1cccc(C(=O)NC(C)(CC(C)C)C(=O)c2ccc(F)c(C)c2)c1C. The number of methoxy groups -OCH3 is 1. The number of Topliss-reactive ketones (excluding diaryl/α,β-unsaturated/α-hetero) is 1. The third kappa shape index (κ3) is 4.58. The lowest BCUT2D eigenvalue weighted by atomic mass is 9.83. The molecule has 1 amide bonds. The smallest absolute Gasteiger partial charge is 0.252 e. The summed E-state index contributed by atoms with van der Waals surface area (Å²) >= 11 is 0. The third-order valence-corrected chi connectivity index (χ3v) is 4.88. The van der Waals surface area contributed by atoms with Crippen LogP contribution in [0.5, 0.6) is 5.75 Å². The molecule has 0 aliphatic carbocycles. The maximum Gasteiger partial charge on any atom is 0.252 e. The summed E-state index contributed by atoms with van der Waals surface area (Å²) in [6.45, 7) is 9.12. The van der Waals surface area contributed by atoms with Crippen LogP contribution < -0.4 is 10.1 Å². The molecule has 0 saturated heterocycles. The number of rotatable bonds is 7. The van der Waals surface area contributed by atoms with Crippen molar-refractivity contribution >= 4 is 11.7 Å². The van der Waals surface area contributed by atoms with Gasteiger partial charge in [0.2, 0.25) is 0 Å². The van der Waals surface area contributed by atoms with E-state index in [0.717, 1.165) is 0 Å². The molecular weight excluding hydrogens is 357 g/mol. The molecule has 2 aromatic carbocycles. The Morgan fingerprint density at radius 2 is 1.86 bits per heavy atom. The van der Waals surface area contributed by atoms with Gasteiger partial charge in [0.15, 0.2) is 5.78 Å². The van der Waals surface area contributed by atoms with Gasteiger partial charge < -0.3 is 10.1 Å². The highest BCUT2D eigenvalue weighted by molar-refractivity contribution is 6.07. The first-order valence-electron chi connectivity index (χ1n) is 9.36. The molecule has 0 aliphatic heterocycles. The Balaban J connectivity index is 2.40. The number of hydrogen-bond donors (Lipinski definition) is 1. The first-order chi connectivity index (χ1) is 13.1. The van der Waals surface area contributed by atoms with E-state index in [1.807, 2.05) is 13.8 Å². The maximum absolute atomic E-state index is 13.6. The predicted molar refractivity (Wildman–Crippen MR) is 109 cm³/mol. The normalized spacial score (nSPS) is 13.1. The molecule has 1 unspecified atom stereocenters. The molecule has 0 aromatic heterocycles. The van der Waals surface area contributed by atoms with E-state index in [4.69, 9.17) is 4.74 Å². The van der Waals surface area contributed by atoms with Crippen LogP contribution in [0.4, 0.5) is 4.39 Å². The minimum atomic E-state index is -1.12. The van der Waals surface area contributed by atoms with Gasteiger partial charge in [-0.25, -0.2) is 4.39 Å². The monoisotopic (exact) mass is 385 g/mol. The topological polar surface area (TPSA) is 55.4 Å². The summed E-state index contributed by atoms with van der Waals surface area (Å²) < 4.78 is 18.9. The minimum absolute atomic E-state index is 0.169. The summed E-state index contributed by atoms with van der Waals surface area (Å²) in [5.74, 6) is -0.163. The van der Waals surface area contributed by atoms with E-state index < -0.39 is 5.54 Å². The van der Waals surface area contributed by atoms with Gasteiger partial charge in [0, 0.05) is 16.7 Å². The number of amides is 1. The predicted octanol–water partition coefficient (Wildman–Crippen LogP) is 4.87. The molecule has 28 heavy (non-hydrogen) atoms. The molecule has 1 atom stereocenters. The van der Waals surface area contributed by atoms with Crippen LogP contribution in [-0.2, 0) is 0 Å². The van der Waals surface area contributed by atoms with Gasteiger partial charge in [0.25, 0.3) is 5.91 Å². The fourth-order valence-electron chi connectivity index (χ4n) is 3.52. The second kappa shape index (κ2) is 8.55. The van der Waals surface area contributed by atoms with Crippen molar-refractivity contribution in [2.45, 2.75) is 46.6 Å². The average Bonchev–Trinajstić information content (AvgIpc) is 2.62. The van der Waals surface area contributed by atoms with Crippen molar-refractivity contribution in [3.63, 3.8) is 0 Å². The Hall–Kier alpha value is -2.69. The van der Waals surface area contributed by atoms with Crippen molar-refractivity contribution in [2.24, 2.45) is 5.92 Å². The molecule has 0 aliphatic rings. The zero-order valence-corrected chi connectivity index (χ0v) is 17.4. The first-order valence-corrected chi connectivity index (χ1v) is 9.36. The molecule has 0 radical (unpaired) electrons. The van der Waals surface area contributed by atoms with Crippen molar-refractivity contribution in [3.8, 4) is 5.75 Å². The number of aryl methyl sites for hydroxylation is 1. The van der Waals surface area contributed by atoms with Crippen LogP contribution >= 0.6 is 0 Å². The van der Waals surface area contributed by atoms with Crippen molar-refractivity contribution in [2.75, 3.05) is 7.11 Å². The van der Waals surface area contributed by atoms with E-state index in [-0.39, 0.29) is 23.4 Å². The van der Waals surface area contributed by atoms with Gasteiger partial charge in [0.1, 0.15) is 17.1 Å². The fourth-order valence-corrected chi connectivity index (χ4v) is 3.52. The number of nitrogens with one attached hydrogen (secondary N) is 1. The molecule has 0 heterocycles. The average molecular weight is 385 g/mol. The molecule has 150 valence electrons. The summed E-state index contributed by atoms with van der Waals surface area (Å²) in [6.07, 6.45) is 0.455. The van der Waals surface area contributed by atoms with E-state index in [1.54, 1.807) is 46.1 Å². The van der Waals surface area contributed by atoms with Crippen molar-refractivity contribution in [1.29, 1.82) is 0 Å². The second-order valence-corrected chi connectivity index (χ2v) is 7.81. The molecule has 0 fully saturated rings. The number of ketones is 1. The molecule has 0 saturated carbocycles. The number of carbonyl (C=O) groups excluding carboxylic acids is 2. The van der Waals surface area contributed by atoms with Crippen molar-refractivity contribution in [1.82, 2.24) is 5.32 Å². The Labute approximate surface area is 166 Å². The Bertz CT molecular complexity index is 891. The van der Waals surface area contributed by atoms with Crippen LogP contribution in [0.2, 0.25) is 0 Å². The zero-order valence-electron chi connectivity index (χ0n) is 17.4. The first kappa shape index (κ1) is 21.6. The molecule has 4 nitrogen and oxygen atoms in total. The summed E-state index contributed by atoms with van der Waals surface area (Å²) in [5, 5.41) is 2.93. The fraction of sp³-hybridized carbons (Fsp3) is 0.391. The summed E-state index contributed by atoms with van der Waals surface area (Å²) in [5.41, 5.74) is 0.819. The van der Waals surface area contributed by atoms with Crippen LogP contribution in [0.1, 0.15) is 59.0 Å². The van der Waals surface area contributed by atoms with Crippen molar-refractivity contribution in [3.05, 3.63) is 64.5 Å². The number of hydrogen-bond acceptors (Lipinski definition) is 3. The highest BCUT2D eigenvalue weighted by atomic mass is 19.1. The number of carbonyl (C=O) groups is 2. The number of benzene rings is 2. The number of halogens is 1. The summed E-state index contributed by atoms with van der Waals surface area (Å²) in [7, 11) is 1.55. The minimum Gasteiger partial charge on any atom is -0.496 e. The summed E-state index contributed by atoms with van der Waals surface area (Å²) in [6, 6.07) is 9.50. The Morgan fingerprint density at radius 1 is 1.18 bits per heavy atom. The largest absolute Gasteiger partial charge is 0.496 e. The highest BCUT2D eigenvalue weighted by Crippen LogP contribution is 2.26. The highest BCUT2D eigenvalue weighted by Gasteiger charge is 2.37. The van der Waals surface area contributed by atoms with Crippen LogP contribution in [0, 0.1) is 25.6 Å². The molecule has 2 rings (SSSR count). The van der Waals surface area contributed by atoms with E-state index in [9.17, 15) is 14.0 Å². The third-order valence-electron chi connectivity index (χ3n) is 4.88. The van der Waals surface area contributed by atoms with Gasteiger partial charge in [-0.1, -0.05) is 19.9 Å². The standard InChI is InChI=1S/C23H28FNO3/c1-14(2)13-23(5,21(26)17-10-11-19(24)15(3)12-17)25-22(27)18-8-7-9-20(28-6)16(18)4/h7-12,14H,13H2,1-6H3,(H,25,27). The molecular formula is C23H28FNO3. The Morgan fingerprint density at radius 3 is 2.43 bits per heavy atom. The number of ether oxygens (including phenoxy) is 1. The van der Waals surface area contributed by atoms with E-state index >= 15 is 0 Å². The van der Waals surface area contributed by atoms with Gasteiger partial charge in [0.05, 0.1) is 7.11 Å². The van der Waals surface area contributed by atoms with Crippen LogP contribution in [0.15, 0.2) is 36.4 Å². The molecule has 0 bridgehead atoms. The van der Waals surface area contributed by atoms with Crippen LogP contribution in [0.25, 0.3) is 0 Å². The lowest BCUT2D eigenvalue weighted by Gasteiger charge is -2.31. The zero-order chi connectivity index (χ0) is 21.1. The van der Waals surface area contributed by atoms with Crippen LogP contribution in [-0.4, -0.2) is 24.3 Å². The van der Waals surface area contributed by atoms with Gasteiger partial charge in [-0.3, -0.25) is 9.59 Å².